The minimum absolute atomic E-state index is 0.170. The van der Waals surface area contributed by atoms with Crippen LogP contribution in [0, 0.1) is 6.92 Å². The van der Waals surface area contributed by atoms with Gasteiger partial charge in [0.15, 0.2) is 11.5 Å². The molecule has 2 rings (SSSR count). The Kier molecular flexibility index (Phi) is 4.42. The van der Waals surface area contributed by atoms with E-state index in [1.807, 2.05) is 36.4 Å². The van der Waals surface area contributed by atoms with E-state index >= 15 is 0 Å². The van der Waals surface area contributed by atoms with E-state index in [1.54, 1.807) is 7.11 Å². The Morgan fingerprint density at radius 2 is 1.79 bits per heavy atom. The maximum Gasteiger partial charge on any atom is 0.162 e. The molecule has 0 aromatic heterocycles. The van der Waals surface area contributed by atoms with E-state index in [4.69, 9.17) is 15.2 Å². The fourth-order valence-electron chi connectivity index (χ4n) is 1.99. The zero-order valence-corrected chi connectivity index (χ0v) is 11.3. The van der Waals surface area contributed by atoms with E-state index in [2.05, 4.69) is 19.1 Å². The van der Waals surface area contributed by atoms with Crippen LogP contribution in [-0.4, -0.2) is 13.7 Å². The second-order valence-electron chi connectivity index (χ2n) is 4.41. The molecule has 0 aliphatic rings. The van der Waals surface area contributed by atoms with Crippen molar-refractivity contribution in [1.82, 2.24) is 0 Å². The summed E-state index contributed by atoms with van der Waals surface area (Å²) in [7, 11) is 1.63. The van der Waals surface area contributed by atoms with E-state index in [0.717, 1.165) is 5.56 Å². The third-order valence-corrected chi connectivity index (χ3v) is 2.97. The molecule has 3 nitrogen and oxygen atoms in total. The number of para-hydroxylation sites is 2. The molecule has 0 saturated heterocycles. The molecule has 1 atom stereocenters. The Bertz CT molecular complexity index is 540. The number of ether oxygens (including phenoxy) is 2. The second kappa shape index (κ2) is 6.25. The molecule has 2 aromatic rings. The quantitative estimate of drug-likeness (QED) is 0.895. The largest absolute Gasteiger partial charge is 0.493 e. The highest BCUT2D eigenvalue weighted by Gasteiger charge is 2.14. The van der Waals surface area contributed by atoms with Crippen LogP contribution in [0.25, 0.3) is 0 Å². The van der Waals surface area contributed by atoms with Crippen LogP contribution >= 0.6 is 0 Å². The minimum Gasteiger partial charge on any atom is -0.493 e. The standard InChI is InChI=1S/C16H19NO2/c1-12-6-5-7-13(10-12)16(11-17)19-15-9-4-3-8-14(15)18-2/h3-10,16H,11,17H2,1-2H3. The van der Waals surface area contributed by atoms with Crippen LogP contribution in [0.4, 0.5) is 0 Å². The molecule has 100 valence electrons. The number of aryl methyl sites for hydroxylation is 1. The summed E-state index contributed by atoms with van der Waals surface area (Å²) in [5, 5.41) is 0. The first-order valence-corrected chi connectivity index (χ1v) is 6.31. The van der Waals surface area contributed by atoms with Crippen molar-refractivity contribution >= 4 is 0 Å². The van der Waals surface area contributed by atoms with Gasteiger partial charge in [-0.2, -0.15) is 0 Å². The van der Waals surface area contributed by atoms with Crippen LogP contribution in [0.15, 0.2) is 48.5 Å². The van der Waals surface area contributed by atoms with Crippen molar-refractivity contribution in [3.63, 3.8) is 0 Å². The van der Waals surface area contributed by atoms with Gasteiger partial charge in [0, 0.05) is 6.54 Å². The van der Waals surface area contributed by atoms with E-state index in [9.17, 15) is 0 Å². The molecular weight excluding hydrogens is 238 g/mol. The van der Waals surface area contributed by atoms with Gasteiger partial charge in [-0.1, -0.05) is 42.0 Å². The van der Waals surface area contributed by atoms with Gasteiger partial charge in [0.25, 0.3) is 0 Å². The van der Waals surface area contributed by atoms with Crippen LogP contribution in [0.1, 0.15) is 17.2 Å². The molecule has 0 aliphatic carbocycles. The summed E-state index contributed by atoms with van der Waals surface area (Å²) in [6.45, 7) is 2.47. The van der Waals surface area contributed by atoms with Gasteiger partial charge in [0.2, 0.25) is 0 Å². The first kappa shape index (κ1) is 13.4. The third-order valence-electron chi connectivity index (χ3n) is 2.97. The predicted molar refractivity (Wildman–Crippen MR) is 76.6 cm³/mol. The van der Waals surface area contributed by atoms with E-state index in [1.165, 1.54) is 5.56 Å². The lowest BCUT2D eigenvalue weighted by atomic mass is 10.1. The number of methoxy groups -OCH3 is 1. The molecule has 0 aliphatic heterocycles. The van der Waals surface area contributed by atoms with Crippen molar-refractivity contribution in [1.29, 1.82) is 0 Å². The predicted octanol–water partition coefficient (Wildman–Crippen LogP) is 3.08. The van der Waals surface area contributed by atoms with Crippen molar-refractivity contribution < 1.29 is 9.47 Å². The molecule has 0 spiro atoms. The van der Waals surface area contributed by atoms with E-state index in [0.29, 0.717) is 18.0 Å². The van der Waals surface area contributed by atoms with Crippen molar-refractivity contribution in [3.05, 3.63) is 59.7 Å². The van der Waals surface area contributed by atoms with Crippen LogP contribution in [0.5, 0.6) is 11.5 Å². The highest BCUT2D eigenvalue weighted by molar-refractivity contribution is 5.40. The lowest BCUT2D eigenvalue weighted by Gasteiger charge is -2.19. The van der Waals surface area contributed by atoms with Crippen LogP contribution in [-0.2, 0) is 0 Å². The van der Waals surface area contributed by atoms with Gasteiger partial charge in [-0.3, -0.25) is 0 Å². The topological polar surface area (TPSA) is 44.5 Å². The highest BCUT2D eigenvalue weighted by Crippen LogP contribution is 2.30. The Labute approximate surface area is 114 Å². The molecule has 0 bridgehead atoms. The van der Waals surface area contributed by atoms with Crippen molar-refractivity contribution in [3.8, 4) is 11.5 Å². The molecule has 0 amide bonds. The van der Waals surface area contributed by atoms with Gasteiger partial charge in [-0.25, -0.2) is 0 Å². The summed E-state index contributed by atoms with van der Waals surface area (Å²) in [5.74, 6) is 1.43. The Hall–Kier alpha value is -2.00. The van der Waals surface area contributed by atoms with Gasteiger partial charge in [-0.15, -0.1) is 0 Å². The molecule has 19 heavy (non-hydrogen) atoms. The molecular formula is C16H19NO2. The maximum absolute atomic E-state index is 5.98. The minimum atomic E-state index is -0.170. The first-order chi connectivity index (χ1) is 9.24. The van der Waals surface area contributed by atoms with E-state index in [-0.39, 0.29) is 6.10 Å². The second-order valence-corrected chi connectivity index (χ2v) is 4.41. The molecule has 2 aromatic carbocycles. The third kappa shape index (κ3) is 3.26. The number of benzene rings is 2. The molecule has 0 fully saturated rings. The summed E-state index contributed by atoms with van der Waals surface area (Å²) in [4.78, 5) is 0. The van der Waals surface area contributed by atoms with Crippen molar-refractivity contribution in [2.45, 2.75) is 13.0 Å². The van der Waals surface area contributed by atoms with Gasteiger partial charge >= 0.3 is 0 Å². The zero-order valence-electron chi connectivity index (χ0n) is 11.3. The number of hydrogen-bond donors (Lipinski definition) is 1. The summed E-state index contributed by atoms with van der Waals surface area (Å²) in [6, 6.07) is 15.8. The van der Waals surface area contributed by atoms with Crippen molar-refractivity contribution in [2.24, 2.45) is 5.73 Å². The SMILES string of the molecule is COc1ccccc1OC(CN)c1cccc(C)c1. The lowest BCUT2D eigenvalue weighted by Crippen LogP contribution is -2.18. The summed E-state index contributed by atoms with van der Waals surface area (Å²) < 4.78 is 11.3. The smallest absolute Gasteiger partial charge is 0.162 e. The van der Waals surface area contributed by atoms with Gasteiger partial charge in [0.05, 0.1) is 7.11 Å². The normalized spacial score (nSPS) is 11.9. The molecule has 0 heterocycles. The van der Waals surface area contributed by atoms with E-state index < -0.39 is 0 Å². The van der Waals surface area contributed by atoms with Gasteiger partial charge in [-0.05, 0) is 24.6 Å². The lowest BCUT2D eigenvalue weighted by molar-refractivity contribution is 0.204. The summed E-state index contributed by atoms with van der Waals surface area (Å²) in [6.07, 6.45) is -0.170. The number of hydrogen-bond acceptors (Lipinski definition) is 3. The van der Waals surface area contributed by atoms with Crippen molar-refractivity contribution in [2.75, 3.05) is 13.7 Å². The number of rotatable bonds is 5. The fourth-order valence-corrected chi connectivity index (χ4v) is 1.99. The molecule has 2 N–H and O–H groups in total. The first-order valence-electron chi connectivity index (χ1n) is 6.31. The maximum atomic E-state index is 5.98. The van der Waals surface area contributed by atoms with Crippen LogP contribution < -0.4 is 15.2 Å². The average molecular weight is 257 g/mol. The summed E-state index contributed by atoms with van der Waals surface area (Å²) >= 11 is 0. The Balaban J connectivity index is 2.24. The van der Waals surface area contributed by atoms with Crippen LogP contribution in [0.2, 0.25) is 0 Å². The van der Waals surface area contributed by atoms with Crippen LogP contribution in [0.3, 0.4) is 0 Å². The van der Waals surface area contributed by atoms with Gasteiger partial charge < -0.3 is 15.2 Å². The van der Waals surface area contributed by atoms with Gasteiger partial charge in [0.1, 0.15) is 6.10 Å². The monoisotopic (exact) mass is 257 g/mol. The Morgan fingerprint density at radius 3 is 2.42 bits per heavy atom. The Morgan fingerprint density at radius 1 is 1.05 bits per heavy atom. The average Bonchev–Trinajstić information content (AvgIpc) is 2.45. The number of nitrogens with two attached hydrogens (primary N) is 1. The molecule has 0 radical (unpaired) electrons. The molecule has 3 heteroatoms. The highest BCUT2D eigenvalue weighted by atomic mass is 16.5. The molecule has 0 saturated carbocycles. The summed E-state index contributed by atoms with van der Waals surface area (Å²) in [5.41, 5.74) is 8.10. The zero-order chi connectivity index (χ0) is 13.7. The fraction of sp³-hybridized carbons (Fsp3) is 0.250. The molecule has 1 unspecified atom stereocenters.